The summed E-state index contributed by atoms with van der Waals surface area (Å²) in [6.45, 7) is 2.43. The minimum absolute atomic E-state index is 0.304. The highest BCUT2D eigenvalue weighted by Gasteiger charge is 2.42. The van der Waals surface area contributed by atoms with Crippen LogP contribution in [-0.2, 0) is 4.74 Å². The van der Waals surface area contributed by atoms with E-state index in [9.17, 15) is 0 Å². The monoisotopic (exact) mass is 279 g/mol. The largest absolute Gasteiger partial charge is 0.372 e. The number of nitrogens with one attached hydrogen (secondary N) is 1. The lowest BCUT2D eigenvalue weighted by atomic mass is 9.76. The van der Waals surface area contributed by atoms with Crippen molar-refractivity contribution >= 4 is 0 Å². The minimum atomic E-state index is 0.304. The molecule has 1 N–H and O–H groups in total. The van der Waals surface area contributed by atoms with Gasteiger partial charge in [-0.05, 0) is 70.3 Å². The molecule has 0 aromatic rings. The van der Waals surface area contributed by atoms with Gasteiger partial charge in [0, 0.05) is 6.04 Å². The van der Waals surface area contributed by atoms with Crippen LogP contribution in [0.4, 0.5) is 0 Å². The zero-order valence-electron chi connectivity index (χ0n) is 13.5. The second kappa shape index (κ2) is 6.36. The molecule has 3 aliphatic rings. The Balaban J connectivity index is 1.55. The Morgan fingerprint density at radius 3 is 2.60 bits per heavy atom. The van der Waals surface area contributed by atoms with Crippen molar-refractivity contribution in [2.24, 2.45) is 11.8 Å². The maximum absolute atomic E-state index is 6.59. The van der Waals surface area contributed by atoms with Gasteiger partial charge in [-0.1, -0.05) is 26.2 Å². The van der Waals surface area contributed by atoms with Crippen molar-refractivity contribution in [3.8, 4) is 0 Å². The van der Waals surface area contributed by atoms with Gasteiger partial charge in [-0.25, -0.2) is 0 Å². The lowest BCUT2D eigenvalue weighted by Crippen LogP contribution is -2.40. The van der Waals surface area contributed by atoms with Crippen LogP contribution in [0.1, 0.15) is 77.6 Å². The summed E-state index contributed by atoms with van der Waals surface area (Å²) < 4.78 is 6.59. The van der Waals surface area contributed by atoms with E-state index < -0.39 is 0 Å². The molecule has 2 aliphatic carbocycles. The Labute approximate surface area is 125 Å². The fourth-order valence-electron chi connectivity index (χ4n) is 5.10. The Bertz CT molecular complexity index is 311. The summed E-state index contributed by atoms with van der Waals surface area (Å²) in [4.78, 5) is 0. The summed E-state index contributed by atoms with van der Waals surface area (Å²) in [5, 5.41) is 3.56. The lowest BCUT2D eigenvalue weighted by Gasteiger charge is -2.37. The van der Waals surface area contributed by atoms with Crippen LogP contribution in [-0.4, -0.2) is 24.8 Å². The van der Waals surface area contributed by atoms with Crippen molar-refractivity contribution in [3.05, 3.63) is 0 Å². The molecular weight excluding hydrogens is 246 g/mol. The molecule has 1 heterocycles. The van der Waals surface area contributed by atoms with E-state index in [4.69, 9.17) is 4.74 Å². The van der Waals surface area contributed by atoms with Crippen molar-refractivity contribution < 1.29 is 4.74 Å². The van der Waals surface area contributed by atoms with Gasteiger partial charge in [-0.2, -0.15) is 0 Å². The van der Waals surface area contributed by atoms with Crippen LogP contribution in [0.3, 0.4) is 0 Å². The predicted molar refractivity (Wildman–Crippen MR) is 83.9 cm³/mol. The standard InChI is InChI=1S/C18H33NO/c1-14-6-7-17(19-2)15(12-14)13-16-8-11-18(20-16)9-4-3-5-10-18/h14-17,19H,3-13H2,1-2H3. The molecule has 1 spiro atoms. The maximum atomic E-state index is 6.59. The van der Waals surface area contributed by atoms with E-state index in [-0.39, 0.29) is 0 Å². The van der Waals surface area contributed by atoms with Gasteiger partial charge in [0.15, 0.2) is 0 Å². The van der Waals surface area contributed by atoms with Crippen LogP contribution in [0.15, 0.2) is 0 Å². The second-order valence-electron chi connectivity index (χ2n) is 7.83. The first kappa shape index (κ1) is 14.8. The lowest BCUT2D eigenvalue weighted by molar-refractivity contribution is -0.0729. The highest BCUT2D eigenvalue weighted by atomic mass is 16.5. The molecule has 2 nitrogen and oxygen atoms in total. The van der Waals surface area contributed by atoms with Crippen molar-refractivity contribution in [2.75, 3.05) is 7.05 Å². The molecule has 4 atom stereocenters. The Hall–Kier alpha value is -0.0800. The molecule has 3 fully saturated rings. The molecule has 4 unspecified atom stereocenters. The van der Waals surface area contributed by atoms with Crippen LogP contribution in [0.25, 0.3) is 0 Å². The van der Waals surface area contributed by atoms with Crippen LogP contribution >= 0.6 is 0 Å². The molecule has 2 heteroatoms. The SMILES string of the molecule is CNC1CCC(C)CC1CC1CCC2(CCCCC2)O1. The van der Waals surface area contributed by atoms with Gasteiger partial charge in [0.1, 0.15) is 0 Å². The molecule has 3 rings (SSSR count). The van der Waals surface area contributed by atoms with E-state index in [1.165, 1.54) is 70.6 Å². The van der Waals surface area contributed by atoms with Crippen molar-refractivity contribution in [2.45, 2.75) is 95.3 Å². The summed E-state index contributed by atoms with van der Waals surface area (Å²) in [5.74, 6) is 1.75. The zero-order valence-corrected chi connectivity index (χ0v) is 13.5. The fraction of sp³-hybridized carbons (Fsp3) is 1.00. The van der Waals surface area contributed by atoms with E-state index in [1.54, 1.807) is 0 Å². The number of hydrogen-bond donors (Lipinski definition) is 1. The van der Waals surface area contributed by atoms with Gasteiger partial charge < -0.3 is 10.1 Å². The molecule has 0 aromatic heterocycles. The van der Waals surface area contributed by atoms with Crippen LogP contribution in [0, 0.1) is 11.8 Å². The average Bonchev–Trinajstić information content (AvgIpc) is 2.82. The van der Waals surface area contributed by atoms with E-state index in [2.05, 4.69) is 19.3 Å². The summed E-state index contributed by atoms with van der Waals surface area (Å²) in [5.41, 5.74) is 0.304. The van der Waals surface area contributed by atoms with E-state index >= 15 is 0 Å². The van der Waals surface area contributed by atoms with Crippen molar-refractivity contribution in [3.63, 3.8) is 0 Å². The first-order chi connectivity index (χ1) is 9.71. The third-order valence-electron chi connectivity index (χ3n) is 6.28. The van der Waals surface area contributed by atoms with Gasteiger partial charge >= 0.3 is 0 Å². The Kier molecular flexibility index (Phi) is 4.72. The third-order valence-corrected chi connectivity index (χ3v) is 6.28. The molecule has 0 aromatic carbocycles. The molecule has 116 valence electrons. The molecule has 1 aliphatic heterocycles. The number of rotatable bonds is 3. The second-order valence-corrected chi connectivity index (χ2v) is 7.83. The summed E-state index contributed by atoms with van der Waals surface area (Å²) in [7, 11) is 2.14. The van der Waals surface area contributed by atoms with Gasteiger partial charge in [0.25, 0.3) is 0 Å². The third kappa shape index (κ3) is 3.22. The van der Waals surface area contributed by atoms with E-state index in [1.807, 2.05) is 0 Å². The summed E-state index contributed by atoms with van der Waals surface area (Å²) in [6.07, 6.45) is 15.6. The molecular formula is C18H33NO. The molecule has 20 heavy (non-hydrogen) atoms. The predicted octanol–water partition coefficient (Wildman–Crippen LogP) is 4.28. The van der Waals surface area contributed by atoms with Gasteiger partial charge in [0.05, 0.1) is 11.7 Å². The molecule has 0 radical (unpaired) electrons. The number of hydrogen-bond acceptors (Lipinski definition) is 2. The smallest absolute Gasteiger partial charge is 0.0687 e. The molecule has 2 saturated carbocycles. The first-order valence-electron chi connectivity index (χ1n) is 9.06. The van der Waals surface area contributed by atoms with Crippen LogP contribution < -0.4 is 5.32 Å². The average molecular weight is 279 g/mol. The summed E-state index contributed by atoms with van der Waals surface area (Å²) in [6, 6.07) is 0.734. The maximum Gasteiger partial charge on any atom is 0.0687 e. The highest BCUT2D eigenvalue weighted by Crippen LogP contribution is 2.44. The fourth-order valence-corrected chi connectivity index (χ4v) is 5.10. The summed E-state index contributed by atoms with van der Waals surface area (Å²) >= 11 is 0. The Morgan fingerprint density at radius 2 is 1.85 bits per heavy atom. The van der Waals surface area contributed by atoms with Gasteiger partial charge in [-0.15, -0.1) is 0 Å². The zero-order chi connectivity index (χ0) is 14.0. The van der Waals surface area contributed by atoms with Gasteiger partial charge in [-0.3, -0.25) is 0 Å². The topological polar surface area (TPSA) is 21.3 Å². The quantitative estimate of drug-likeness (QED) is 0.832. The molecule has 0 amide bonds. The highest BCUT2D eigenvalue weighted by molar-refractivity contribution is 4.93. The van der Waals surface area contributed by atoms with Crippen molar-refractivity contribution in [1.29, 1.82) is 0 Å². The molecule has 1 saturated heterocycles. The molecule has 0 bridgehead atoms. The first-order valence-corrected chi connectivity index (χ1v) is 9.06. The van der Waals surface area contributed by atoms with E-state index in [0.717, 1.165) is 17.9 Å². The van der Waals surface area contributed by atoms with Crippen LogP contribution in [0.5, 0.6) is 0 Å². The van der Waals surface area contributed by atoms with E-state index in [0.29, 0.717) is 11.7 Å². The normalized spacial score (nSPS) is 41.1. The van der Waals surface area contributed by atoms with Crippen LogP contribution in [0.2, 0.25) is 0 Å². The minimum Gasteiger partial charge on any atom is -0.372 e. The Morgan fingerprint density at radius 1 is 1.05 bits per heavy atom. The number of ether oxygens (including phenoxy) is 1. The van der Waals surface area contributed by atoms with Gasteiger partial charge in [0.2, 0.25) is 0 Å². The van der Waals surface area contributed by atoms with Crippen molar-refractivity contribution in [1.82, 2.24) is 5.32 Å².